The highest BCUT2D eigenvalue weighted by molar-refractivity contribution is 5.86. The van der Waals surface area contributed by atoms with Crippen molar-refractivity contribution in [1.29, 1.82) is 0 Å². The molecule has 3 N–H and O–H groups in total. The summed E-state index contributed by atoms with van der Waals surface area (Å²) in [6.45, 7) is 7.42. The van der Waals surface area contributed by atoms with Gasteiger partial charge in [-0.05, 0) is 50.6 Å². The third-order valence-corrected chi connectivity index (χ3v) is 6.03. The van der Waals surface area contributed by atoms with E-state index in [4.69, 9.17) is 5.73 Å². The molecular weight excluding hydrogens is 426 g/mol. The summed E-state index contributed by atoms with van der Waals surface area (Å²) in [6, 6.07) is 13.0. The average Bonchev–Trinajstić information content (AvgIpc) is 2.78. The molecule has 4 rings (SSSR count). The van der Waals surface area contributed by atoms with Gasteiger partial charge in [-0.3, -0.25) is 9.36 Å². The second-order valence-corrected chi connectivity index (χ2v) is 9.03. The van der Waals surface area contributed by atoms with Crippen molar-refractivity contribution in [3.05, 3.63) is 82.0 Å². The zero-order valence-electron chi connectivity index (χ0n) is 20.1. The van der Waals surface area contributed by atoms with E-state index in [1.54, 1.807) is 24.3 Å². The van der Waals surface area contributed by atoms with E-state index < -0.39 is 0 Å². The van der Waals surface area contributed by atoms with Gasteiger partial charge >= 0.3 is 0 Å². The molecule has 2 aromatic carbocycles. The van der Waals surface area contributed by atoms with Crippen LogP contribution in [0.1, 0.15) is 30.0 Å². The van der Waals surface area contributed by atoms with Crippen molar-refractivity contribution in [2.24, 2.45) is 5.73 Å². The lowest BCUT2D eigenvalue weighted by Crippen LogP contribution is -2.34. The van der Waals surface area contributed by atoms with Crippen LogP contribution in [0.4, 0.5) is 0 Å². The van der Waals surface area contributed by atoms with Crippen LogP contribution in [0.5, 0.6) is 5.75 Å². The lowest BCUT2D eigenvalue weighted by atomic mass is 9.96. The minimum absolute atomic E-state index is 0.0462. The smallest absolute Gasteiger partial charge is 0.267 e. The van der Waals surface area contributed by atoms with E-state index in [1.165, 1.54) is 10.9 Å². The van der Waals surface area contributed by atoms with Crippen LogP contribution >= 0.6 is 0 Å². The van der Waals surface area contributed by atoms with E-state index in [0.29, 0.717) is 29.8 Å². The highest BCUT2D eigenvalue weighted by atomic mass is 16.3. The molecule has 0 aliphatic heterocycles. The summed E-state index contributed by atoms with van der Waals surface area (Å²) in [5.41, 5.74) is 12.0. The van der Waals surface area contributed by atoms with Crippen molar-refractivity contribution < 1.29 is 5.11 Å². The normalized spacial score (nSPS) is 12.4. The molecule has 0 radical (unpaired) electrons. The Bertz CT molecular complexity index is 1380. The van der Waals surface area contributed by atoms with Crippen LogP contribution in [0.15, 0.2) is 59.8 Å². The lowest BCUT2D eigenvalue weighted by Gasteiger charge is -2.23. The predicted octanol–water partition coefficient (Wildman–Crippen LogP) is 3.94. The first-order valence-electron chi connectivity index (χ1n) is 11.5. The number of aromatic hydroxyl groups is 1. The Balaban J connectivity index is 1.97. The number of aryl methyl sites for hydroxylation is 2. The van der Waals surface area contributed by atoms with Crippen molar-refractivity contribution in [1.82, 2.24) is 19.4 Å². The largest absolute Gasteiger partial charge is 0.508 e. The number of rotatable bonds is 7. The minimum Gasteiger partial charge on any atom is -0.508 e. The van der Waals surface area contributed by atoms with E-state index in [-0.39, 0.29) is 17.4 Å². The number of phenols is 1. The Hall–Kier alpha value is -3.55. The first-order chi connectivity index (χ1) is 16.3. The molecule has 0 saturated heterocycles. The van der Waals surface area contributed by atoms with Gasteiger partial charge in [0.15, 0.2) is 5.65 Å². The third kappa shape index (κ3) is 4.85. The van der Waals surface area contributed by atoms with Crippen LogP contribution < -0.4 is 11.3 Å². The number of benzene rings is 2. The maximum atomic E-state index is 13.8. The Morgan fingerprint density at radius 1 is 1.12 bits per heavy atom. The Morgan fingerprint density at radius 2 is 1.85 bits per heavy atom. The predicted molar refractivity (Wildman–Crippen MR) is 136 cm³/mol. The molecule has 34 heavy (non-hydrogen) atoms. The molecule has 0 aliphatic rings. The van der Waals surface area contributed by atoms with Crippen LogP contribution in [-0.2, 0) is 6.54 Å². The number of phenolic OH excluding ortho intramolecular Hbond substituents is 1. The highest BCUT2D eigenvalue weighted by Crippen LogP contribution is 2.30. The average molecular weight is 458 g/mol. The van der Waals surface area contributed by atoms with E-state index in [0.717, 1.165) is 34.2 Å². The maximum absolute atomic E-state index is 13.8. The summed E-state index contributed by atoms with van der Waals surface area (Å²) < 4.78 is 1.45. The van der Waals surface area contributed by atoms with Gasteiger partial charge in [-0.15, -0.1) is 0 Å². The molecule has 0 bridgehead atoms. The number of likely N-dealkylation sites (N-methyl/N-ethyl adjacent to an activating group) is 1. The van der Waals surface area contributed by atoms with Crippen LogP contribution in [0.2, 0.25) is 0 Å². The van der Waals surface area contributed by atoms with Gasteiger partial charge in [0.25, 0.3) is 5.56 Å². The molecule has 7 nitrogen and oxygen atoms in total. The second-order valence-electron chi connectivity index (χ2n) is 9.03. The van der Waals surface area contributed by atoms with Gasteiger partial charge in [0.1, 0.15) is 12.1 Å². The van der Waals surface area contributed by atoms with Crippen molar-refractivity contribution in [2.75, 3.05) is 13.6 Å². The molecule has 0 unspecified atom stereocenters. The monoisotopic (exact) mass is 457 g/mol. The number of aromatic nitrogens is 3. The van der Waals surface area contributed by atoms with Gasteiger partial charge in [0.2, 0.25) is 0 Å². The van der Waals surface area contributed by atoms with Gasteiger partial charge in [-0.2, -0.15) is 0 Å². The molecule has 4 aromatic rings. The second kappa shape index (κ2) is 9.75. The van der Waals surface area contributed by atoms with Gasteiger partial charge in [-0.1, -0.05) is 42.3 Å². The summed E-state index contributed by atoms with van der Waals surface area (Å²) >= 11 is 0. The molecule has 2 aromatic heterocycles. The van der Waals surface area contributed by atoms with Crippen LogP contribution in [0.25, 0.3) is 27.8 Å². The number of hydrogen-bond acceptors (Lipinski definition) is 6. The van der Waals surface area contributed by atoms with Crippen molar-refractivity contribution >= 4 is 11.0 Å². The molecule has 2 heterocycles. The van der Waals surface area contributed by atoms with Gasteiger partial charge in [0.05, 0.1) is 11.1 Å². The third-order valence-electron chi connectivity index (χ3n) is 6.03. The summed E-state index contributed by atoms with van der Waals surface area (Å²) in [6.07, 6.45) is 4.14. The number of hydrogen-bond donors (Lipinski definition) is 2. The summed E-state index contributed by atoms with van der Waals surface area (Å²) in [7, 11) is 2.01. The van der Waals surface area contributed by atoms with Crippen LogP contribution in [-0.4, -0.2) is 44.2 Å². The standard InChI is InChI=1S/C27H31N5O2/c1-5-20(28)14-31(4)15-24-23(19-10-17(2)9-18(3)11-19)13-29-26-25(24)27(34)32(16-30-26)21-7-6-8-22(33)12-21/h6-13,16,20,33H,5,14-15,28H2,1-4H3/t20-/m0/s1. The SMILES string of the molecule is CC[C@H](N)CN(C)Cc1c(-c2cc(C)cc(C)c2)cnc2ncn(-c3cccc(O)c3)c(=O)c12. The van der Waals surface area contributed by atoms with Gasteiger partial charge in [-0.25, -0.2) is 9.97 Å². The van der Waals surface area contributed by atoms with E-state index in [1.807, 2.05) is 13.2 Å². The molecule has 0 spiro atoms. The number of fused-ring (bicyclic) bond motifs is 1. The molecular formula is C27H31N5O2. The molecule has 7 heteroatoms. The first kappa shape index (κ1) is 23.6. The molecule has 0 aliphatic carbocycles. The summed E-state index contributed by atoms with van der Waals surface area (Å²) in [5.74, 6) is 0.0834. The van der Waals surface area contributed by atoms with Crippen LogP contribution in [0, 0.1) is 13.8 Å². The minimum atomic E-state index is -0.225. The fourth-order valence-corrected chi connectivity index (χ4v) is 4.38. The zero-order valence-corrected chi connectivity index (χ0v) is 20.1. The number of nitrogens with zero attached hydrogens (tertiary/aromatic N) is 4. The Morgan fingerprint density at radius 3 is 2.53 bits per heavy atom. The molecule has 1 atom stereocenters. The fourth-order valence-electron chi connectivity index (χ4n) is 4.38. The summed E-state index contributed by atoms with van der Waals surface area (Å²) in [5, 5.41) is 10.4. The van der Waals surface area contributed by atoms with E-state index >= 15 is 0 Å². The van der Waals surface area contributed by atoms with Crippen LogP contribution in [0.3, 0.4) is 0 Å². The molecule has 176 valence electrons. The number of pyridine rings is 1. The van der Waals surface area contributed by atoms with Crippen molar-refractivity contribution in [3.8, 4) is 22.6 Å². The quantitative estimate of drug-likeness (QED) is 0.436. The first-order valence-corrected chi connectivity index (χ1v) is 11.5. The van der Waals surface area contributed by atoms with Gasteiger partial charge in [0, 0.05) is 37.0 Å². The topological polar surface area (TPSA) is 97.3 Å². The molecule has 0 fully saturated rings. The van der Waals surface area contributed by atoms with Crippen molar-refractivity contribution in [3.63, 3.8) is 0 Å². The Labute approximate surface area is 199 Å². The number of nitrogens with two attached hydrogens (primary N) is 1. The lowest BCUT2D eigenvalue weighted by molar-refractivity contribution is 0.301. The molecule has 0 amide bonds. The van der Waals surface area contributed by atoms with Crippen molar-refractivity contribution in [2.45, 2.75) is 39.8 Å². The van der Waals surface area contributed by atoms with E-state index in [9.17, 15) is 9.90 Å². The highest BCUT2D eigenvalue weighted by Gasteiger charge is 2.19. The maximum Gasteiger partial charge on any atom is 0.267 e. The Kier molecular flexibility index (Phi) is 6.77. The fraction of sp³-hybridized carbons (Fsp3) is 0.296. The molecule has 0 saturated carbocycles. The zero-order chi connectivity index (χ0) is 24.4. The van der Waals surface area contributed by atoms with E-state index in [2.05, 4.69) is 53.8 Å². The summed E-state index contributed by atoms with van der Waals surface area (Å²) in [4.78, 5) is 25.0. The van der Waals surface area contributed by atoms with Gasteiger partial charge < -0.3 is 15.7 Å².